The molecular formula is C19H18F2N4O2. The number of rotatable bonds is 7. The lowest BCUT2D eigenvalue weighted by atomic mass is 10.1. The van der Waals surface area contributed by atoms with Gasteiger partial charge in [0.1, 0.15) is 18.0 Å². The Morgan fingerprint density at radius 1 is 1.26 bits per heavy atom. The Labute approximate surface area is 154 Å². The summed E-state index contributed by atoms with van der Waals surface area (Å²) in [6, 6.07) is 8.56. The molecule has 1 saturated heterocycles. The summed E-state index contributed by atoms with van der Waals surface area (Å²) in [6.45, 7) is -0.133. The van der Waals surface area contributed by atoms with Crippen molar-refractivity contribution in [1.29, 1.82) is 0 Å². The molecule has 1 fully saturated rings. The second kappa shape index (κ2) is 6.94. The van der Waals surface area contributed by atoms with Crippen LogP contribution in [-0.2, 0) is 6.54 Å². The summed E-state index contributed by atoms with van der Waals surface area (Å²) < 4.78 is 32.1. The molecule has 0 spiro atoms. The third-order valence-corrected chi connectivity index (χ3v) is 4.30. The average Bonchev–Trinajstić information content (AvgIpc) is 3.47. The summed E-state index contributed by atoms with van der Waals surface area (Å²) in [7, 11) is 0. The van der Waals surface area contributed by atoms with E-state index in [4.69, 9.17) is 4.74 Å². The molecule has 0 bridgehead atoms. The highest BCUT2D eigenvalue weighted by molar-refractivity contribution is 5.92. The minimum atomic E-state index is -2.70. The van der Waals surface area contributed by atoms with Gasteiger partial charge in [-0.3, -0.25) is 9.78 Å². The molecule has 6 nitrogen and oxygen atoms in total. The van der Waals surface area contributed by atoms with Crippen molar-refractivity contribution >= 4 is 11.6 Å². The molecule has 0 radical (unpaired) electrons. The normalized spacial score (nSPS) is 17.0. The van der Waals surface area contributed by atoms with Gasteiger partial charge in [-0.15, -0.1) is 0 Å². The average molecular weight is 372 g/mol. The number of hydrogen-bond donors (Lipinski definition) is 1. The van der Waals surface area contributed by atoms with Gasteiger partial charge in [0.25, 0.3) is 11.8 Å². The first kappa shape index (κ1) is 17.4. The largest absolute Gasteiger partial charge is 0.472 e. The van der Waals surface area contributed by atoms with E-state index in [-0.39, 0.29) is 37.1 Å². The summed E-state index contributed by atoms with van der Waals surface area (Å²) in [6.07, 6.45) is 4.55. The fourth-order valence-electron chi connectivity index (χ4n) is 2.70. The van der Waals surface area contributed by atoms with Crippen molar-refractivity contribution in [1.82, 2.24) is 15.3 Å². The smallest absolute Gasteiger partial charge is 0.282 e. The lowest BCUT2D eigenvalue weighted by Crippen LogP contribution is -2.56. The first-order valence-corrected chi connectivity index (χ1v) is 8.63. The van der Waals surface area contributed by atoms with E-state index in [1.807, 2.05) is 12.1 Å². The van der Waals surface area contributed by atoms with Crippen LogP contribution in [-0.4, -0.2) is 41.5 Å². The van der Waals surface area contributed by atoms with Gasteiger partial charge in [0, 0.05) is 6.20 Å². The second-order valence-corrected chi connectivity index (χ2v) is 6.59. The van der Waals surface area contributed by atoms with Crippen molar-refractivity contribution in [2.24, 2.45) is 0 Å². The molecule has 140 valence electrons. The number of carbonyl (C=O) groups excluding carboxylic acids is 1. The molecule has 2 aliphatic rings. The van der Waals surface area contributed by atoms with E-state index in [9.17, 15) is 13.6 Å². The zero-order valence-corrected chi connectivity index (χ0v) is 14.5. The maximum atomic E-state index is 13.2. The molecule has 2 aromatic rings. The quantitative estimate of drug-likeness (QED) is 0.757. The van der Waals surface area contributed by atoms with Crippen molar-refractivity contribution in [2.75, 3.05) is 24.6 Å². The Morgan fingerprint density at radius 2 is 2.07 bits per heavy atom. The van der Waals surface area contributed by atoms with Crippen molar-refractivity contribution in [3.63, 3.8) is 0 Å². The Bertz CT molecular complexity index is 879. The van der Waals surface area contributed by atoms with Crippen LogP contribution < -0.4 is 15.0 Å². The van der Waals surface area contributed by atoms with Crippen molar-refractivity contribution in [2.45, 2.75) is 18.9 Å². The Balaban J connectivity index is 1.48. The number of aromatic nitrogens is 2. The van der Waals surface area contributed by atoms with Gasteiger partial charge in [0.05, 0.1) is 25.3 Å². The van der Waals surface area contributed by atoms with E-state index >= 15 is 0 Å². The number of halogens is 2. The van der Waals surface area contributed by atoms with Crippen LogP contribution in [0.4, 0.5) is 14.5 Å². The van der Waals surface area contributed by atoms with Crippen LogP contribution in [0.2, 0.25) is 0 Å². The van der Waals surface area contributed by atoms with Gasteiger partial charge in [-0.2, -0.15) is 0 Å². The predicted octanol–water partition coefficient (Wildman–Crippen LogP) is 2.57. The first-order chi connectivity index (χ1) is 13.0. The summed E-state index contributed by atoms with van der Waals surface area (Å²) in [5.74, 6) is -2.88. The Kier molecular flexibility index (Phi) is 4.47. The molecule has 0 aromatic carbocycles. The number of allylic oxidation sites excluding steroid dienone is 1. The lowest BCUT2D eigenvalue weighted by molar-refractivity contribution is -0.0265. The SMILES string of the molecule is O=C(NCc1ccccn1)c1ccc(N2CC(F)(F)C2)c(OCC2=CC2)n1. The van der Waals surface area contributed by atoms with Crippen molar-refractivity contribution < 1.29 is 18.3 Å². The molecule has 4 rings (SSSR count). The number of pyridine rings is 2. The summed E-state index contributed by atoms with van der Waals surface area (Å²) in [5.41, 5.74) is 2.49. The van der Waals surface area contributed by atoms with Gasteiger partial charge in [0.2, 0.25) is 5.88 Å². The van der Waals surface area contributed by atoms with Crippen LogP contribution in [0.1, 0.15) is 22.6 Å². The van der Waals surface area contributed by atoms with Crippen LogP contribution in [0.15, 0.2) is 48.2 Å². The van der Waals surface area contributed by atoms with Gasteiger partial charge in [-0.25, -0.2) is 13.8 Å². The van der Waals surface area contributed by atoms with E-state index in [0.29, 0.717) is 12.3 Å². The van der Waals surface area contributed by atoms with Gasteiger partial charge >= 0.3 is 0 Å². The molecule has 2 aromatic heterocycles. The standard InChI is InChI=1S/C19H18F2N4O2/c20-19(21)11-25(12-19)16-7-6-15(24-18(16)27-10-13-4-5-13)17(26)23-9-14-3-1-2-8-22-14/h1-4,6-8H,5,9-12H2,(H,23,26). The molecule has 8 heteroatoms. The predicted molar refractivity (Wildman–Crippen MR) is 95.0 cm³/mol. The number of nitrogens with zero attached hydrogens (tertiary/aromatic N) is 3. The Hall–Kier alpha value is -3.03. The fraction of sp³-hybridized carbons (Fsp3) is 0.316. The number of hydrogen-bond acceptors (Lipinski definition) is 5. The highest BCUT2D eigenvalue weighted by Crippen LogP contribution is 2.37. The molecule has 1 N–H and O–H groups in total. The maximum absolute atomic E-state index is 13.2. The third kappa shape index (κ3) is 4.21. The highest BCUT2D eigenvalue weighted by atomic mass is 19.3. The highest BCUT2D eigenvalue weighted by Gasteiger charge is 2.45. The van der Waals surface area contributed by atoms with Gasteiger partial charge in [-0.1, -0.05) is 12.1 Å². The van der Waals surface area contributed by atoms with Gasteiger partial charge < -0.3 is 15.0 Å². The topological polar surface area (TPSA) is 67.4 Å². The van der Waals surface area contributed by atoms with Crippen LogP contribution in [0, 0.1) is 0 Å². The van der Waals surface area contributed by atoms with Crippen LogP contribution in [0.25, 0.3) is 0 Å². The minimum Gasteiger partial charge on any atom is -0.472 e. The van der Waals surface area contributed by atoms with Gasteiger partial charge in [-0.05, 0) is 36.3 Å². The van der Waals surface area contributed by atoms with E-state index in [1.54, 1.807) is 24.4 Å². The lowest BCUT2D eigenvalue weighted by Gasteiger charge is -2.40. The molecule has 0 atom stereocenters. The van der Waals surface area contributed by atoms with Crippen LogP contribution in [0.5, 0.6) is 5.88 Å². The maximum Gasteiger partial charge on any atom is 0.282 e. The third-order valence-electron chi connectivity index (χ3n) is 4.30. The molecule has 27 heavy (non-hydrogen) atoms. The van der Waals surface area contributed by atoms with E-state index < -0.39 is 5.92 Å². The molecule has 0 saturated carbocycles. The zero-order chi connectivity index (χ0) is 18.9. The minimum absolute atomic E-state index is 0.168. The molecule has 0 unspecified atom stereocenters. The van der Waals surface area contributed by atoms with Crippen LogP contribution in [0.3, 0.4) is 0 Å². The van der Waals surface area contributed by atoms with Crippen LogP contribution >= 0.6 is 0 Å². The number of ether oxygens (including phenoxy) is 1. The summed E-state index contributed by atoms with van der Waals surface area (Å²) >= 11 is 0. The van der Waals surface area contributed by atoms with Gasteiger partial charge in [0.15, 0.2) is 0 Å². The van der Waals surface area contributed by atoms with E-state index in [0.717, 1.165) is 17.7 Å². The number of carbonyl (C=O) groups is 1. The molecular weight excluding hydrogens is 354 g/mol. The number of amides is 1. The fourth-order valence-corrected chi connectivity index (χ4v) is 2.70. The molecule has 3 heterocycles. The summed E-state index contributed by atoms with van der Waals surface area (Å²) in [4.78, 5) is 22.3. The monoisotopic (exact) mass is 372 g/mol. The van der Waals surface area contributed by atoms with E-state index in [1.165, 1.54) is 11.0 Å². The second-order valence-electron chi connectivity index (χ2n) is 6.59. The number of anilines is 1. The number of nitrogens with one attached hydrogen (secondary N) is 1. The Morgan fingerprint density at radius 3 is 2.74 bits per heavy atom. The summed E-state index contributed by atoms with van der Waals surface area (Å²) in [5, 5.41) is 2.74. The molecule has 1 amide bonds. The zero-order valence-electron chi connectivity index (χ0n) is 14.5. The molecule has 1 aliphatic heterocycles. The van der Waals surface area contributed by atoms with E-state index in [2.05, 4.69) is 15.3 Å². The molecule has 1 aliphatic carbocycles. The van der Waals surface area contributed by atoms with Crippen molar-refractivity contribution in [3.05, 3.63) is 59.6 Å². The first-order valence-electron chi connectivity index (χ1n) is 8.63. The number of alkyl halides is 2. The van der Waals surface area contributed by atoms with Crippen molar-refractivity contribution in [3.8, 4) is 5.88 Å².